The van der Waals surface area contributed by atoms with Crippen molar-refractivity contribution in [3.05, 3.63) is 54.1 Å². The summed E-state index contributed by atoms with van der Waals surface area (Å²) in [6, 6.07) is 13.1. The van der Waals surface area contributed by atoms with Gasteiger partial charge in [0.25, 0.3) is 0 Å². The van der Waals surface area contributed by atoms with E-state index in [4.69, 9.17) is 17.4 Å². The maximum Gasteiger partial charge on any atom is 1.00 e. The Kier molecular flexibility index (Phi) is 12.4. The van der Waals surface area contributed by atoms with E-state index in [1.54, 1.807) is 43.1 Å². The van der Waals surface area contributed by atoms with Gasteiger partial charge in [-0.3, -0.25) is 0 Å². The molecule has 0 spiro atoms. The summed E-state index contributed by atoms with van der Waals surface area (Å²) in [5, 5.41) is 32.9. The summed E-state index contributed by atoms with van der Waals surface area (Å²) in [7, 11) is 1.72. The van der Waals surface area contributed by atoms with E-state index in [0.717, 1.165) is 0 Å². The summed E-state index contributed by atoms with van der Waals surface area (Å²) >= 11 is 5.09. The number of ether oxygens (including phenoxy) is 1. The number of anilines is 2. The summed E-state index contributed by atoms with van der Waals surface area (Å²) in [4.78, 5) is 26.2. The van der Waals surface area contributed by atoms with Crippen molar-refractivity contribution in [1.82, 2.24) is 20.2 Å². The number of tetrazole rings is 1. The molecule has 168 valence electrons. The fourth-order valence-corrected chi connectivity index (χ4v) is 3.12. The van der Waals surface area contributed by atoms with Crippen molar-refractivity contribution < 1.29 is 83.7 Å². The molecule has 0 aliphatic rings. The molecule has 0 radical (unpaired) electrons. The number of carboxylic acids is 1. The zero-order valence-corrected chi connectivity index (χ0v) is 24.1. The van der Waals surface area contributed by atoms with Gasteiger partial charge in [0.15, 0.2) is 6.23 Å². The van der Waals surface area contributed by atoms with Crippen LogP contribution in [0.15, 0.2) is 53.7 Å². The average Bonchev–Trinajstić information content (AvgIpc) is 3.23. The van der Waals surface area contributed by atoms with Crippen LogP contribution in [0.5, 0.6) is 0 Å². The van der Waals surface area contributed by atoms with Gasteiger partial charge in [0, 0.05) is 23.6 Å². The topological polar surface area (TPSA) is 137 Å². The van der Waals surface area contributed by atoms with Gasteiger partial charge in [-0.1, -0.05) is 6.07 Å². The third-order valence-electron chi connectivity index (χ3n) is 4.54. The van der Waals surface area contributed by atoms with E-state index in [1.165, 1.54) is 33.8 Å². The number of esters is 1. The van der Waals surface area contributed by atoms with Crippen molar-refractivity contribution in [1.29, 1.82) is 0 Å². The molecule has 0 aliphatic carbocycles. The van der Waals surface area contributed by atoms with E-state index >= 15 is 0 Å². The van der Waals surface area contributed by atoms with Crippen LogP contribution in [0.25, 0.3) is 5.69 Å². The molecule has 1 atom stereocenters. The summed E-state index contributed by atoms with van der Waals surface area (Å²) in [5.41, 5.74) is 1.98. The van der Waals surface area contributed by atoms with E-state index in [-0.39, 0.29) is 77.5 Å². The van der Waals surface area contributed by atoms with Crippen LogP contribution in [0.4, 0.5) is 11.4 Å². The smallest absolute Gasteiger partial charge is 0.738 e. The summed E-state index contributed by atoms with van der Waals surface area (Å²) in [6.45, 7) is 1.91. The Morgan fingerprint density at radius 2 is 1.85 bits per heavy atom. The zero-order valence-electron chi connectivity index (χ0n) is 19.3. The second kappa shape index (κ2) is 14.0. The van der Waals surface area contributed by atoms with E-state index in [2.05, 4.69) is 15.5 Å². The van der Waals surface area contributed by atoms with Gasteiger partial charge in [0.1, 0.15) is 0 Å². The number of aliphatic hydroxyl groups excluding tert-OH is 1. The molecule has 0 saturated carbocycles. The van der Waals surface area contributed by atoms with Gasteiger partial charge in [-0.2, -0.15) is 0 Å². The van der Waals surface area contributed by atoms with Crippen LogP contribution in [0.2, 0.25) is 0 Å². The van der Waals surface area contributed by atoms with Gasteiger partial charge < -0.3 is 42.2 Å². The van der Waals surface area contributed by atoms with Crippen LogP contribution in [0.3, 0.4) is 0 Å². The van der Waals surface area contributed by atoms with Crippen LogP contribution in [0.1, 0.15) is 17.3 Å². The Bertz CT molecular complexity index is 1100. The molecule has 34 heavy (non-hydrogen) atoms. The number of aliphatic hydroxyl groups is 1. The Morgan fingerprint density at radius 1 is 1.18 bits per heavy atom. The fraction of sp³-hybridized carbons (Fsp3) is 0.250. The molecule has 3 aromatic rings. The predicted octanol–water partition coefficient (Wildman–Crippen LogP) is -6.28. The molecular formula is C20H20N6Na2O5S. The minimum absolute atomic E-state index is 0. The van der Waals surface area contributed by atoms with Gasteiger partial charge in [0.05, 0.1) is 30.5 Å². The van der Waals surface area contributed by atoms with Gasteiger partial charge in [-0.25, -0.2) is 9.48 Å². The molecule has 0 fully saturated rings. The van der Waals surface area contributed by atoms with Crippen molar-refractivity contribution in [2.75, 3.05) is 30.1 Å². The summed E-state index contributed by atoms with van der Waals surface area (Å²) in [5.74, 6) is -2.16. The Hall–Kier alpha value is -1.77. The maximum absolute atomic E-state index is 11.9. The number of aromatic nitrogens is 4. The normalized spacial score (nSPS) is 10.9. The molecule has 14 heteroatoms. The van der Waals surface area contributed by atoms with Crippen LogP contribution >= 0.6 is 0 Å². The first-order valence-corrected chi connectivity index (χ1v) is 9.92. The first-order valence-electron chi connectivity index (χ1n) is 9.51. The quantitative estimate of drug-likeness (QED) is 0.130. The molecule has 1 unspecified atom stereocenters. The van der Waals surface area contributed by atoms with Gasteiger partial charge in [-0.05, 0) is 59.8 Å². The minimum Gasteiger partial charge on any atom is -0.738 e. The number of nitrogens with zero attached hydrogens (tertiary/aromatic N) is 6. The number of hydrogen-bond donors (Lipinski definition) is 1. The van der Waals surface area contributed by atoms with E-state index < -0.39 is 18.2 Å². The zero-order chi connectivity index (χ0) is 23.3. The first-order chi connectivity index (χ1) is 15.3. The van der Waals surface area contributed by atoms with E-state index in [0.29, 0.717) is 22.6 Å². The van der Waals surface area contributed by atoms with Crippen molar-refractivity contribution in [3.8, 4) is 5.69 Å². The molecule has 11 nitrogen and oxygen atoms in total. The van der Waals surface area contributed by atoms with Crippen LogP contribution < -0.4 is 74.0 Å². The predicted molar refractivity (Wildman–Crippen MR) is 114 cm³/mol. The number of rotatable bonds is 9. The fourth-order valence-electron chi connectivity index (χ4n) is 2.94. The number of hydrogen-bond acceptors (Lipinski definition) is 11. The van der Waals surface area contributed by atoms with Crippen molar-refractivity contribution >= 4 is 35.9 Å². The number of benzene rings is 2. The largest absolute Gasteiger partial charge is 1.00 e. The van der Waals surface area contributed by atoms with Gasteiger partial charge >= 0.3 is 65.1 Å². The van der Waals surface area contributed by atoms with Crippen LogP contribution in [-0.2, 0) is 22.2 Å². The van der Waals surface area contributed by atoms with Gasteiger partial charge in [-0.15, -0.1) is 5.10 Å². The summed E-state index contributed by atoms with van der Waals surface area (Å²) < 4.78 is 6.33. The second-order valence-corrected chi connectivity index (χ2v) is 7.03. The van der Waals surface area contributed by atoms with E-state index in [1.807, 2.05) is 0 Å². The molecule has 2 aromatic carbocycles. The Balaban J connectivity index is 0.00000289. The van der Waals surface area contributed by atoms with Crippen molar-refractivity contribution in [3.63, 3.8) is 0 Å². The molecular weight excluding hydrogens is 482 g/mol. The number of carbonyl (C=O) groups is 2. The number of aliphatic carboxylic acids is 1. The third kappa shape index (κ3) is 7.36. The third-order valence-corrected chi connectivity index (χ3v) is 4.79. The Labute approximate surface area is 246 Å². The van der Waals surface area contributed by atoms with Crippen LogP contribution in [0, 0.1) is 0 Å². The number of carboxylic acid groups (broad SMARTS) is 1. The molecule has 0 aliphatic heterocycles. The monoisotopic (exact) mass is 502 g/mol. The van der Waals surface area contributed by atoms with Crippen molar-refractivity contribution in [2.45, 2.75) is 18.3 Å². The molecule has 3 rings (SSSR count). The van der Waals surface area contributed by atoms with Crippen molar-refractivity contribution in [2.24, 2.45) is 0 Å². The standard InChI is InChI=1S/C20H22N6O5S.2Na/c1-3-31-19(30)13-7-9-14(10-8-13)25(17(27)18(28)29)12-24(2)15-5-4-6-16(11-15)26-20(32)21-22-23-26;;/h4-11,17,27H,3,12H2,1-2H3,(H,28,29)(H,21,23,32);;/q;2*+1/p-2. The molecule has 1 aromatic heterocycles. The second-order valence-electron chi connectivity index (χ2n) is 6.66. The molecule has 0 saturated heterocycles. The van der Waals surface area contributed by atoms with Crippen LogP contribution in [-0.4, -0.2) is 63.8 Å². The van der Waals surface area contributed by atoms with E-state index in [9.17, 15) is 19.8 Å². The summed E-state index contributed by atoms with van der Waals surface area (Å²) in [6.07, 6.45) is -1.92. The molecule has 0 amide bonds. The SMILES string of the molecule is CCOC(=O)c1ccc(N(CN(C)c2cccc(-n3nnnc3[S-])c2)C(O)C(=O)[O-])cc1.[Na+].[Na+]. The first kappa shape index (κ1) is 30.3. The van der Waals surface area contributed by atoms with Gasteiger partial charge in [0.2, 0.25) is 0 Å². The average molecular weight is 502 g/mol. The molecule has 1 heterocycles. The maximum atomic E-state index is 11.9. The minimum atomic E-state index is -1.92. The Morgan fingerprint density at radius 3 is 2.41 bits per heavy atom. The molecule has 1 N–H and O–H groups in total. The number of carbonyl (C=O) groups excluding carboxylic acids is 2. The molecule has 0 bridgehead atoms.